The van der Waals surface area contributed by atoms with Gasteiger partial charge in [-0.15, -0.1) is 0 Å². The summed E-state index contributed by atoms with van der Waals surface area (Å²) < 4.78 is 26.8. The van der Waals surface area contributed by atoms with E-state index in [1.165, 1.54) is 0 Å². The molecule has 2 nitrogen and oxygen atoms in total. The topological polar surface area (TPSA) is 15.3 Å². The average Bonchev–Trinajstić information content (AvgIpc) is 2.21. The van der Waals surface area contributed by atoms with Crippen LogP contribution in [0.15, 0.2) is 12.1 Å². The Balaban J connectivity index is 2.38. The summed E-state index contributed by atoms with van der Waals surface area (Å²) in [5.74, 6) is -1.25. The van der Waals surface area contributed by atoms with E-state index in [-0.39, 0.29) is 17.1 Å². The van der Waals surface area contributed by atoms with Crippen LogP contribution >= 0.6 is 11.6 Å². The van der Waals surface area contributed by atoms with Crippen LogP contribution in [0, 0.1) is 11.6 Å². The van der Waals surface area contributed by atoms with Gasteiger partial charge in [-0.25, -0.2) is 8.78 Å². The minimum atomic E-state index is -0.646. The highest BCUT2D eigenvalue weighted by molar-refractivity contribution is 6.33. The molecule has 0 radical (unpaired) electrons. The molecule has 1 aliphatic rings. The van der Waals surface area contributed by atoms with Gasteiger partial charge in [0.1, 0.15) is 5.82 Å². The van der Waals surface area contributed by atoms with E-state index < -0.39 is 11.6 Å². The van der Waals surface area contributed by atoms with E-state index in [9.17, 15) is 8.78 Å². The van der Waals surface area contributed by atoms with Crippen molar-refractivity contribution in [2.45, 2.75) is 25.9 Å². The molecular weight excluding hydrogens is 246 g/mol. The molecule has 0 aromatic heterocycles. The maximum Gasteiger partial charge on any atom is 0.150 e. The molecule has 1 heterocycles. The Morgan fingerprint density at radius 2 is 2.06 bits per heavy atom. The molecule has 17 heavy (non-hydrogen) atoms. The van der Waals surface area contributed by atoms with Crippen LogP contribution in [0.25, 0.3) is 0 Å². The summed E-state index contributed by atoms with van der Waals surface area (Å²) in [5.41, 5.74) is 0.300. The van der Waals surface area contributed by atoms with Crippen LogP contribution in [-0.2, 0) is 0 Å². The SMILES string of the molecule is CC1CN(c2c(F)cc(F)cc2Cl)C(C)CN1. The molecule has 2 atom stereocenters. The molecule has 0 bridgehead atoms. The molecule has 94 valence electrons. The summed E-state index contributed by atoms with van der Waals surface area (Å²) in [4.78, 5) is 1.89. The second-order valence-electron chi connectivity index (χ2n) is 4.53. The monoisotopic (exact) mass is 260 g/mol. The Kier molecular flexibility index (Phi) is 3.54. The van der Waals surface area contributed by atoms with Gasteiger partial charge in [-0.1, -0.05) is 11.6 Å². The molecule has 1 N–H and O–H groups in total. The van der Waals surface area contributed by atoms with Crippen molar-refractivity contribution in [3.63, 3.8) is 0 Å². The number of hydrogen-bond donors (Lipinski definition) is 1. The molecule has 5 heteroatoms. The van der Waals surface area contributed by atoms with Gasteiger partial charge in [-0.2, -0.15) is 0 Å². The van der Waals surface area contributed by atoms with Crippen molar-refractivity contribution in [1.29, 1.82) is 0 Å². The summed E-state index contributed by atoms with van der Waals surface area (Å²) in [6, 6.07) is 2.41. The third-order valence-electron chi connectivity index (χ3n) is 3.03. The fraction of sp³-hybridized carbons (Fsp3) is 0.500. The number of nitrogens with zero attached hydrogens (tertiary/aromatic N) is 1. The zero-order valence-corrected chi connectivity index (χ0v) is 10.6. The van der Waals surface area contributed by atoms with Gasteiger partial charge in [0.05, 0.1) is 10.7 Å². The van der Waals surface area contributed by atoms with E-state index in [0.29, 0.717) is 12.2 Å². The van der Waals surface area contributed by atoms with Gasteiger partial charge in [0.25, 0.3) is 0 Å². The van der Waals surface area contributed by atoms with Crippen LogP contribution in [0.1, 0.15) is 13.8 Å². The fourth-order valence-corrected chi connectivity index (χ4v) is 2.45. The molecule has 1 aromatic carbocycles. The van der Waals surface area contributed by atoms with E-state index >= 15 is 0 Å². The number of halogens is 3. The van der Waals surface area contributed by atoms with Crippen LogP contribution < -0.4 is 10.2 Å². The second-order valence-corrected chi connectivity index (χ2v) is 4.94. The maximum absolute atomic E-state index is 13.8. The van der Waals surface area contributed by atoms with Gasteiger partial charge in [0.15, 0.2) is 5.82 Å². The first kappa shape index (κ1) is 12.6. The molecular formula is C12H15ClF2N2. The summed E-state index contributed by atoms with van der Waals surface area (Å²) in [5, 5.41) is 3.43. The van der Waals surface area contributed by atoms with E-state index in [4.69, 9.17) is 11.6 Å². The van der Waals surface area contributed by atoms with Crippen molar-refractivity contribution < 1.29 is 8.78 Å². The number of benzene rings is 1. The summed E-state index contributed by atoms with van der Waals surface area (Å²) in [7, 11) is 0. The lowest BCUT2D eigenvalue weighted by Gasteiger charge is -2.39. The summed E-state index contributed by atoms with van der Waals surface area (Å²) >= 11 is 5.94. The summed E-state index contributed by atoms with van der Waals surface area (Å²) in [6.45, 7) is 5.42. The Labute approximate surface area is 105 Å². The second kappa shape index (κ2) is 4.78. The standard InChI is InChI=1S/C12H15ClF2N2/c1-7-6-17(8(2)5-16-7)12-10(13)3-9(14)4-11(12)15/h3-4,7-8,16H,5-6H2,1-2H3. The molecule has 1 saturated heterocycles. The average molecular weight is 261 g/mol. The maximum atomic E-state index is 13.8. The van der Waals surface area contributed by atoms with Crippen LogP contribution in [0.3, 0.4) is 0 Å². The number of anilines is 1. The molecule has 0 saturated carbocycles. The van der Waals surface area contributed by atoms with Crippen LogP contribution in [0.5, 0.6) is 0 Å². The van der Waals surface area contributed by atoms with E-state index in [1.807, 2.05) is 18.7 Å². The van der Waals surface area contributed by atoms with Crippen molar-refractivity contribution in [3.8, 4) is 0 Å². The van der Waals surface area contributed by atoms with Gasteiger partial charge in [-0.3, -0.25) is 0 Å². The van der Waals surface area contributed by atoms with Crippen LogP contribution in [0.2, 0.25) is 5.02 Å². The molecule has 0 spiro atoms. The highest BCUT2D eigenvalue weighted by atomic mass is 35.5. The van der Waals surface area contributed by atoms with Crippen molar-refractivity contribution in [1.82, 2.24) is 5.32 Å². The van der Waals surface area contributed by atoms with Crippen LogP contribution in [0.4, 0.5) is 14.5 Å². The number of nitrogens with one attached hydrogen (secondary N) is 1. The largest absolute Gasteiger partial charge is 0.362 e. The van der Waals surface area contributed by atoms with Gasteiger partial charge < -0.3 is 10.2 Å². The zero-order valence-electron chi connectivity index (χ0n) is 9.80. The number of piperazine rings is 1. The first-order valence-corrected chi connectivity index (χ1v) is 6.01. The van der Waals surface area contributed by atoms with E-state index in [1.54, 1.807) is 0 Å². The van der Waals surface area contributed by atoms with E-state index in [0.717, 1.165) is 18.7 Å². The Hall–Kier alpha value is -0.870. The first-order chi connectivity index (χ1) is 7.99. The van der Waals surface area contributed by atoms with Crippen molar-refractivity contribution in [2.75, 3.05) is 18.0 Å². The smallest absolute Gasteiger partial charge is 0.150 e. The van der Waals surface area contributed by atoms with E-state index in [2.05, 4.69) is 5.32 Å². The Bertz CT molecular complexity index is 402. The minimum Gasteiger partial charge on any atom is -0.362 e. The predicted molar refractivity (Wildman–Crippen MR) is 65.6 cm³/mol. The molecule has 2 rings (SSSR count). The quantitative estimate of drug-likeness (QED) is 0.835. The molecule has 1 fully saturated rings. The molecule has 2 unspecified atom stereocenters. The third kappa shape index (κ3) is 2.53. The van der Waals surface area contributed by atoms with Crippen molar-refractivity contribution in [3.05, 3.63) is 28.8 Å². The normalized spacial score (nSPS) is 25.1. The highest BCUT2D eigenvalue weighted by Crippen LogP contribution is 2.32. The highest BCUT2D eigenvalue weighted by Gasteiger charge is 2.26. The van der Waals surface area contributed by atoms with Crippen molar-refractivity contribution in [2.24, 2.45) is 0 Å². The first-order valence-electron chi connectivity index (χ1n) is 5.63. The molecule has 1 aliphatic heterocycles. The molecule has 0 aliphatic carbocycles. The lowest BCUT2D eigenvalue weighted by molar-refractivity contribution is 0.420. The lowest BCUT2D eigenvalue weighted by atomic mass is 10.1. The molecule has 1 aromatic rings. The predicted octanol–water partition coefficient (Wildman–Crippen LogP) is 2.80. The fourth-order valence-electron chi connectivity index (χ4n) is 2.14. The number of hydrogen-bond acceptors (Lipinski definition) is 2. The Morgan fingerprint density at radius 3 is 2.71 bits per heavy atom. The number of rotatable bonds is 1. The van der Waals surface area contributed by atoms with Crippen LogP contribution in [-0.4, -0.2) is 25.2 Å². The zero-order chi connectivity index (χ0) is 12.6. The van der Waals surface area contributed by atoms with Crippen molar-refractivity contribution >= 4 is 17.3 Å². The van der Waals surface area contributed by atoms with Gasteiger partial charge >= 0.3 is 0 Å². The minimum absolute atomic E-state index is 0.128. The Morgan fingerprint density at radius 1 is 1.35 bits per heavy atom. The molecule has 0 amide bonds. The lowest BCUT2D eigenvalue weighted by Crippen LogP contribution is -2.54. The third-order valence-corrected chi connectivity index (χ3v) is 3.32. The van der Waals surface area contributed by atoms with Gasteiger partial charge in [0.2, 0.25) is 0 Å². The summed E-state index contributed by atoms with van der Waals surface area (Å²) in [6.07, 6.45) is 0. The van der Waals surface area contributed by atoms with Gasteiger partial charge in [-0.05, 0) is 19.9 Å². The van der Waals surface area contributed by atoms with Gasteiger partial charge in [0, 0.05) is 31.2 Å².